The van der Waals surface area contributed by atoms with E-state index in [-0.39, 0.29) is 0 Å². The van der Waals surface area contributed by atoms with Crippen molar-refractivity contribution >= 4 is 40.2 Å². The van der Waals surface area contributed by atoms with E-state index >= 15 is 0 Å². The highest BCUT2D eigenvalue weighted by molar-refractivity contribution is 7.10. The molecule has 1 atom stereocenters. The molecule has 1 aliphatic rings. The molecule has 1 N–H and O–H groups in total. The highest BCUT2D eigenvalue weighted by Crippen LogP contribution is 2.37. The number of fused-ring (bicyclic) bond motifs is 1. The molecule has 0 fully saturated rings. The molecule has 1 unspecified atom stereocenters. The van der Waals surface area contributed by atoms with Crippen molar-refractivity contribution in [3.05, 3.63) is 50.1 Å². The van der Waals surface area contributed by atoms with Crippen LogP contribution in [-0.4, -0.2) is 0 Å². The Hall–Kier alpha value is -0.700. The number of hydrogen-bond donors (Lipinski definition) is 1. The van der Waals surface area contributed by atoms with E-state index in [1.165, 1.54) is 23.3 Å². The van der Waals surface area contributed by atoms with Gasteiger partial charge in [-0.3, -0.25) is 0 Å². The first-order chi connectivity index (χ1) is 8.74. The first kappa shape index (κ1) is 12.3. The van der Waals surface area contributed by atoms with Gasteiger partial charge in [-0.25, -0.2) is 0 Å². The topological polar surface area (TPSA) is 12.0 Å². The second kappa shape index (κ2) is 5.12. The zero-order chi connectivity index (χ0) is 12.5. The fraction of sp³-hybridized carbons (Fsp3) is 0.286. The molecule has 0 saturated heterocycles. The third kappa shape index (κ3) is 2.37. The van der Waals surface area contributed by atoms with Gasteiger partial charge in [0, 0.05) is 9.90 Å². The van der Waals surface area contributed by atoms with Gasteiger partial charge >= 0.3 is 0 Å². The van der Waals surface area contributed by atoms with Crippen molar-refractivity contribution in [1.82, 2.24) is 0 Å². The zero-order valence-electron chi connectivity index (χ0n) is 9.75. The number of anilines is 1. The zero-order valence-corrected chi connectivity index (χ0v) is 12.1. The summed E-state index contributed by atoms with van der Waals surface area (Å²) in [5, 5.41) is 7.13. The lowest BCUT2D eigenvalue weighted by molar-refractivity contribution is 0.609. The molecular formula is C14H13Cl2NS. The molecule has 0 radical (unpaired) electrons. The van der Waals surface area contributed by atoms with Crippen molar-refractivity contribution in [2.45, 2.75) is 25.3 Å². The summed E-state index contributed by atoms with van der Waals surface area (Å²) in [6.07, 6.45) is 3.57. The van der Waals surface area contributed by atoms with Crippen LogP contribution in [0.2, 0.25) is 10.0 Å². The molecule has 1 aromatic carbocycles. The molecule has 0 bridgehead atoms. The van der Waals surface area contributed by atoms with Crippen molar-refractivity contribution in [2.75, 3.05) is 5.32 Å². The third-order valence-electron chi connectivity index (χ3n) is 3.31. The van der Waals surface area contributed by atoms with Crippen LogP contribution in [0.25, 0.3) is 0 Å². The number of rotatable bonds is 2. The molecule has 4 heteroatoms. The Bertz CT molecular complexity index is 565. The van der Waals surface area contributed by atoms with Crippen LogP contribution in [0, 0.1) is 0 Å². The number of nitrogens with one attached hydrogen (secondary N) is 1. The largest absolute Gasteiger partial charge is 0.377 e. The number of hydrogen-bond acceptors (Lipinski definition) is 2. The number of thiophene rings is 1. The quantitative estimate of drug-likeness (QED) is 0.767. The van der Waals surface area contributed by atoms with Gasteiger partial charge in [0.1, 0.15) is 0 Å². The Labute approximate surface area is 121 Å². The van der Waals surface area contributed by atoms with E-state index in [0.717, 1.165) is 17.1 Å². The van der Waals surface area contributed by atoms with Gasteiger partial charge in [-0.05, 0) is 54.5 Å². The molecule has 2 aromatic rings. The second-order valence-electron chi connectivity index (χ2n) is 4.51. The Kier molecular flexibility index (Phi) is 3.51. The monoisotopic (exact) mass is 297 g/mol. The molecule has 94 valence electrons. The van der Waals surface area contributed by atoms with Crippen LogP contribution in [0.4, 0.5) is 5.69 Å². The first-order valence-corrected chi connectivity index (χ1v) is 7.65. The summed E-state index contributed by atoms with van der Waals surface area (Å²) >= 11 is 14.1. The summed E-state index contributed by atoms with van der Waals surface area (Å²) in [7, 11) is 0. The normalized spacial score (nSPS) is 18.4. The van der Waals surface area contributed by atoms with Crippen LogP contribution < -0.4 is 5.32 Å². The van der Waals surface area contributed by atoms with Gasteiger partial charge in [0.15, 0.2) is 0 Å². The van der Waals surface area contributed by atoms with E-state index in [1.807, 2.05) is 29.5 Å². The molecule has 0 spiro atoms. The van der Waals surface area contributed by atoms with E-state index in [1.54, 1.807) is 0 Å². The summed E-state index contributed by atoms with van der Waals surface area (Å²) in [6.45, 7) is 0. The van der Waals surface area contributed by atoms with E-state index < -0.39 is 0 Å². The van der Waals surface area contributed by atoms with Gasteiger partial charge in [0.25, 0.3) is 0 Å². The second-order valence-corrected chi connectivity index (χ2v) is 6.36. The third-order valence-corrected chi connectivity index (χ3v) is 4.87. The van der Waals surface area contributed by atoms with E-state index in [2.05, 4.69) is 16.8 Å². The maximum Gasteiger partial charge on any atom is 0.0638 e. The van der Waals surface area contributed by atoms with Gasteiger partial charge < -0.3 is 5.32 Å². The fourth-order valence-electron chi connectivity index (χ4n) is 2.43. The lowest BCUT2D eigenvalue weighted by Gasteiger charge is -2.25. The van der Waals surface area contributed by atoms with Crippen LogP contribution in [0.15, 0.2) is 29.6 Å². The SMILES string of the molecule is Clc1ccc(Cl)c(NC2CCCc3sccc32)c1. The maximum atomic E-state index is 6.20. The molecule has 1 heterocycles. The summed E-state index contributed by atoms with van der Waals surface area (Å²) in [6, 6.07) is 8.12. The predicted octanol–water partition coefficient (Wildman–Crippen LogP) is 5.54. The predicted molar refractivity (Wildman–Crippen MR) is 80.1 cm³/mol. The Morgan fingerprint density at radius 2 is 2.11 bits per heavy atom. The Morgan fingerprint density at radius 1 is 1.22 bits per heavy atom. The minimum atomic E-state index is 0.357. The van der Waals surface area contributed by atoms with Crippen molar-refractivity contribution in [2.24, 2.45) is 0 Å². The Morgan fingerprint density at radius 3 is 3.00 bits per heavy atom. The summed E-state index contributed by atoms with van der Waals surface area (Å²) < 4.78 is 0. The number of aryl methyl sites for hydroxylation is 1. The molecule has 0 saturated carbocycles. The summed E-state index contributed by atoms with van der Waals surface area (Å²) in [4.78, 5) is 1.50. The standard InChI is InChI=1S/C14H13Cl2NS/c15-9-4-5-11(16)13(8-9)17-12-2-1-3-14-10(12)6-7-18-14/h4-8,12,17H,1-3H2. The van der Waals surface area contributed by atoms with Gasteiger partial charge in [-0.2, -0.15) is 0 Å². The molecule has 0 aliphatic heterocycles. The molecule has 3 rings (SSSR count). The van der Waals surface area contributed by atoms with Gasteiger partial charge in [-0.15, -0.1) is 11.3 Å². The average molecular weight is 298 g/mol. The van der Waals surface area contributed by atoms with E-state index in [9.17, 15) is 0 Å². The highest BCUT2D eigenvalue weighted by atomic mass is 35.5. The number of benzene rings is 1. The van der Waals surface area contributed by atoms with Gasteiger partial charge in [0.05, 0.1) is 16.8 Å². The molecule has 1 nitrogen and oxygen atoms in total. The number of halogens is 2. The van der Waals surface area contributed by atoms with Gasteiger partial charge in [-0.1, -0.05) is 23.2 Å². The molecular weight excluding hydrogens is 285 g/mol. The summed E-state index contributed by atoms with van der Waals surface area (Å²) in [5.74, 6) is 0. The van der Waals surface area contributed by atoms with Crippen LogP contribution in [-0.2, 0) is 6.42 Å². The summed E-state index contributed by atoms with van der Waals surface area (Å²) in [5.41, 5.74) is 2.34. The Balaban J connectivity index is 1.88. The molecule has 1 aliphatic carbocycles. The van der Waals surface area contributed by atoms with Crippen LogP contribution in [0.1, 0.15) is 29.3 Å². The van der Waals surface area contributed by atoms with E-state index in [0.29, 0.717) is 11.1 Å². The van der Waals surface area contributed by atoms with Crippen molar-refractivity contribution < 1.29 is 0 Å². The van der Waals surface area contributed by atoms with E-state index in [4.69, 9.17) is 23.2 Å². The van der Waals surface area contributed by atoms with Crippen molar-refractivity contribution in [3.8, 4) is 0 Å². The van der Waals surface area contributed by atoms with Crippen LogP contribution in [0.5, 0.6) is 0 Å². The van der Waals surface area contributed by atoms with Crippen molar-refractivity contribution in [3.63, 3.8) is 0 Å². The smallest absolute Gasteiger partial charge is 0.0638 e. The fourth-order valence-corrected chi connectivity index (χ4v) is 3.76. The molecule has 0 amide bonds. The van der Waals surface area contributed by atoms with Gasteiger partial charge in [0.2, 0.25) is 0 Å². The lowest BCUT2D eigenvalue weighted by atomic mass is 9.94. The average Bonchev–Trinajstić information content (AvgIpc) is 2.83. The highest BCUT2D eigenvalue weighted by Gasteiger charge is 2.21. The minimum absolute atomic E-state index is 0.357. The van der Waals surface area contributed by atoms with Crippen LogP contribution >= 0.6 is 34.5 Å². The lowest BCUT2D eigenvalue weighted by Crippen LogP contribution is -2.15. The molecule has 18 heavy (non-hydrogen) atoms. The maximum absolute atomic E-state index is 6.20. The van der Waals surface area contributed by atoms with Crippen molar-refractivity contribution in [1.29, 1.82) is 0 Å². The first-order valence-electron chi connectivity index (χ1n) is 6.02. The molecule has 1 aromatic heterocycles. The van der Waals surface area contributed by atoms with Crippen LogP contribution in [0.3, 0.4) is 0 Å². The minimum Gasteiger partial charge on any atom is -0.377 e.